The van der Waals surface area contributed by atoms with Crippen molar-refractivity contribution in [1.82, 2.24) is 10.2 Å². The van der Waals surface area contributed by atoms with Crippen molar-refractivity contribution in [3.63, 3.8) is 0 Å². The number of carbonyl (C=O) groups excluding carboxylic acids is 2. The molecule has 2 aliphatic rings. The molecule has 1 aromatic carbocycles. The minimum Gasteiger partial charge on any atom is -0.394 e. The smallest absolute Gasteiger partial charge is 0.225 e. The van der Waals surface area contributed by atoms with Crippen molar-refractivity contribution in [2.45, 2.75) is 31.1 Å². The molecule has 3 rings (SSSR count). The van der Waals surface area contributed by atoms with Crippen LogP contribution in [0.25, 0.3) is 0 Å². The zero-order valence-corrected chi connectivity index (χ0v) is 15.3. The lowest BCUT2D eigenvalue weighted by Gasteiger charge is -2.33. The van der Waals surface area contributed by atoms with Gasteiger partial charge in [0.05, 0.1) is 44.8 Å². The second-order valence-electron chi connectivity index (χ2n) is 6.73. The van der Waals surface area contributed by atoms with Gasteiger partial charge in [0.15, 0.2) is 0 Å². The van der Waals surface area contributed by atoms with Gasteiger partial charge in [-0.05, 0) is 5.56 Å². The molecule has 0 saturated carbocycles. The van der Waals surface area contributed by atoms with Crippen LogP contribution in [0.1, 0.15) is 12.0 Å². The molecule has 27 heavy (non-hydrogen) atoms. The first-order chi connectivity index (χ1) is 13.2. The maximum atomic E-state index is 12.3. The van der Waals surface area contributed by atoms with E-state index in [1.807, 2.05) is 36.4 Å². The number of hydrogen-bond donors (Lipinski definition) is 2. The lowest BCUT2D eigenvalue weighted by Crippen LogP contribution is -2.50. The summed E-state index contributed by atoms with van der Waals surface area (Å²) in [5.41, 5.74) is 0.922. The Labute approximate surface area is 158 Å². The molecule has 7 heteroatoms. The molecule has 146 valence electrons. The Balaban J connectivity index is 1.52. The topological polar surface area (TPSA) is 88.1 Å². The normalized spacial score (nSPS) is 25.2. The minimum absolute atomic E-state index is 0.0104. The molecule has 1 aromatic rings. The van der Waals surface area contributed by atoms with Crippen LogP contribution in [-0.2, 0) is 25.5 Å². The Morgan fingerprint density at radius 1 is 1.15 bits per heavy atom. The van der Waals surface area contributed by atoms with E-state index in [1.54, 1.807) is 11.0 Å². The van der Waals surface area contributed by atoms with Gasteiger partial charge in [0.1, 0.15) is 6.10 Å². The summed E-state index contributed by atoms with van der Waals surface area (Å²) >= 11 is 0. The van der Waals surface area contributed by atoms with Crippen molar-refractivity contribution in [3.05, 3.63) is 48.0 Å². The third kappa shape index (κ3) is 5.63. The summed E-state index contributed by atoms with van der Waals surface area (Å²) < 4.78 is 11.1. The van der Waals surface area contributed by atoms with E-state index in [1.165, 1.54) is 0 Å². The highest BCUT2D eigenvalue weighted by atomic mass is 16.5. The predicted molar refractivity (Wildman–Crippen MR) is 99.0 cm³/mol. The first-order valence-corrected chi connectivity index (χ1v) is 9.29. The van der Waals surface area contributed by atoms with E-state index >= 15 is 0 Å². The van der Waals surface area contributed by atoms with Crippen LogP contribution < -0.4 is 5.32 Å². The van der Waals surface area contributed by atoms with Crippen LogP contribution in [0.2, 0.25) is 0 Å². The van der Waals surface area contributed by atoms with E-state index in [0.29, 0.717) is 26.3 Å². The fourth-order valence-corrected chi connectivity index (χ4v) is 3.27. The maximum Gasteiger partial charge on any atom is 0.225 e. The van der Waals surface area contributed by atoms with Crippen LogP contribution >= 0.6 is 0 Å². The number of nitrogens with one attached hydrogen (secondary N) is 1. The van der Waals surface area contributed by atoms with E-state index in [9.17, 15) is 14.7 Å². The van der Waals surface area contributed by atoms with Gasteiger partial charge >= 0.3 is 0 Å². The van der Waals surface area contributed by atoms with Crippen molar-refractivity contribution in [3.8, 4) is 0 Å². The molecule has 2 N–H and O–H groups in total. The van der Waals surface area contributed by atoms with E-state index < -0.39 is 18.2 Å². The van der Waals surface area contributed by atoms with Crippen molar-refractivity contribution in [1.29, 1.82) is 0 Å². The van der Waals surface area contributed by atoms with Crippen molar-refractivity contribution >= 4 is 11.8 Å². The summed E-state index contributed by atoms with van der Waals surface area (Å²) in [4.78, 5) is 26.4. The highest BCUT2D eigenvalue weighted by Gasteiger charge is 2.30. The van der Waals surface area contributed by atoms with Gasteiger partial charge in [0, 0.05) is 13.1 Å². The number of aliphatic hydroxyl groups excluding tert-OH is 1. The van der Waals surface area contributed by atoms with Crippen LogP contribution in [0, 0.1) is 0 Å². The second-order valence-corrected chi connectivity index (χ2v) is 6.73. The van der Waals surface area contributed by atoms with Crippen LogP contribution in [0.15, 0.2) is 42.5 Å². The summed E-state index contributed by atoms with van der Waals surface area (Å²) in [5.74, 6) is -0.128. The molecule has 1 fully saturated rings. The Morgan fingerprint density at radius 2 is 1.89 bits per heavy atom. The number of aliphatic hydroxyl groups is 1. The Bertz CT molecular complexity index is 658. The summed E-state index contributed by atoms with van der Waals surface area (Å²) in [6, 6.07) is 9.05. The molecule has 0 bridgehead atoms. The zero-order valence-electron chi connectivity index (χ0n) is 15.3. The summed E-state index contributed by atoms with van der Waals surface area (Å²) in [5, 5.41) is 12.5. The number of rotatable bonds is 6. The lowest BCUT2D eigenvalue weighted by atomic mass is 10.0. The minimum atomic E-state index is -0.572. The van der Waals surface area contributed by atoms with Gasteiger partial charge < -0.3 is 24.8 Å². The van der Waals surface area contributed by atoms with E-state index in [4.69, 9.17) is 9.47 Å². The Morgan fingerprint density at radius 3 is 2.59 bits per heavy atom. The highest BCUT2D eigenvalue weighted by Crippen LogP contribution is 2.17. The van der Waals surface area contributed by atoms with E-state index in [0.717, 1.165) is 5.56 Å². The molecule has 2 aliphatic heterocycles. The van der Waals surface area contributed by atoms with Gasteiger partial charge in [0.25, 0.3) is 0 Å². The molecule has 0 aliphatic carbocycles. The molecule has 0 unspecified atom stereocenters. The first kappa shape index (κ1) is 19.5. The highest BCUT2D eigenvalue weighted by molar-refractivity contribution is 5.79. The number of nitrogens with zero attached hydrogens (tertiary/aromatic N) is 1. The molecule has 7 nitrogen and oxygen atoms in total. The number of hydrogen-bond acceptors (Lipinski definition) is 5. The number of ether oxygens (including phenoxy) is 2. The summed E-state index contributed by atoms with van der Waals surface area (Å²) in [7, 11) is 0. The van der Waals surface area contributed by atoms with Gasteiger partial charge in [-0.3, -0.25) is 9.59 Å². The molecule has 0 radical (unpaired) electrons. The SMILES string of the molecule is O=C(Cc1ccccc1)N[C@H]1C=C[C@@H](CC(=O)N2CCOCC2)O[C@@H]1CO. The van der Waals surface area contributed by atoms with Crippen molar-refractivity contribution in [2.75, 3.05) is 32.9 Å². The third-order valence-corrected chi connectivity index (χ3v) is 4.74. The molecule has 0 aromatic heterocycles. The predicted octanol–water partition coefficient (Wildman–Crippen LogP) is 0.279. The number of morpholine rings is 1. The summed E-state index contributed by atoms with van der Waals surface area (Å²) in [6.07, 6.45) is 3.11. The molecule has 3 atom stereocenters. The van der Waals surface area contributed by atoms with Gasteiger partial charge in [-0.1, -0.05) is 42.5 Å². The van der Waals surface area contributed by atoms with Crippen molar-refractivity contribution < 1.29 is 24.2 Å². The average Bonchev–Trinajstić information content (AvgIpc) is 2.70. The lowest BCUT2D eigenvalue weighted by molar-refractivity contribution is -0.140. The van der Waals surface area contributed by atoms with E-state index in [-0.39, 0.29) is 31.3 Å². The largest absolute Gasteiger partial charge is 0.394 e. The fourth-order valence-electron chi connectivity index (χ4n) is 3.27. The molecular weight excluding hydrogens is 348 g/mol. The van der Waals surface area contributed by atoms with Crippen LogP contribution in [-0.4, -0.2) is 73.0 Å². The summed E-state index contributed by atoms with van der Waals surface area (Å²) in [6.45, 7) is 2.07. The molecule has 1 saturated heterocycles. The molecule has 2 amide bonds. The number of benzene rings is 1. The third-order valence-electron chi connectivity index (χ3n) is 4.74. The van der Waals surface area contributed by atoms with Crippen LogP contribution in [0.3, 0.4) is 0 Å². The molecular formula is C20H26N2O5. The van der Waals surface area contributed by atoms with Crippen LogP contribution in [0.5, 0.6) is 0 Å². The quantitative estimate of drug-likeness (QED) is 0.699. The first-order valence-electron chi connectivity index (χ1n) is 9.29. The zero-order chi connectivity index (χ0) is 19.1. The van der Waals surface area contributed by atoms with Gasteiger partial charge in [-0.15, -0.1) is 0 Å². The number of carbonyl (C=O) groups is 2. The fraction of sp³-hybridized carbons (Fsp3) is 0.500. The standard InChI is InChI=1S/C20H26N2O5/c23-14-18-17(21-19(24)12-15-4-2-1-3-5-15)7-6-16(27-18)13-20(25)22-8-10-26-11-9-22/h1-7,16-18,23H,8-14H2,(H,21,24)/t16-,17-,18+/m0/s1. The Hall–Kier alpha value is -2.22. The van der Waals surface area contributed by atoms with Crippen molar-refractivity contribution in [2.24, 2.45) is 0 Å². The van der Waals surface area contributed by atoms with Gasteiger partial charge in [0.2, 0.25) is 11.8 Å². The number of amides is 2. The van der Waals surface area contributed by atoms with Gasteiger partial charge in [-0.2, -0.15) is 0 Å². The average molecular weight is 374 g/mol. The van der Waals surface area contributed by atoms with Crippen LogP contribution in [0.4, 0.5) is 0 Å². The maximum absolute atomic E-state index is 12.3. The van der Waals surface area contributed by atoms with Gasteiger partial charge in [-0.25, -0.2) is 0 Å². The van der Waals surface area contributed by atoms with E-state index in [2.05, 4.69) is 5.32 Å². The molecule has 0 spiro atoms. The molecule has 2 heterocycles. The monoisotopic (exact) mass is 374 g/mol. The second kappa shape index (κ2) is 9.64. The Kier molecular flexibility index (Phi) is 6.98.